The topological polar surface area (TPSA) is 61.2 Å². The van der Waals surface area contributed by atoms with E-state index in [0.29, 0.717) is 16.8 Å². The van der Waals surface area contributed by atoms with E-state index in [0.717, 1.165) is 16.7 Å². The molecule has 0 fully saturated rings. The maximum Gasteiger partial charge on any atom is 0.326 e. The first-order chi connectivity index (χ1) is 12.4. The summed E-state index contributed by atoms with van der Waals surface area (Å²) in [6.45, 7) is 8.22. The van der Waals surface area contributed by atoms with Crippen molar-refractivity contribution >= 4 is 27.5 Å². The molecule has 0 saturated heterocycles. The number of aryl methyl sites for hydroxylation is 2. The lowest BCUT2D eigenvalue weighted by Crippen LogP contribution is -2.26. The van der Waals surface area contributed by atoms with Crippen LogP contribution in [0.2, 0.25) is 0 Å². The standard InChI is InChI=1S/C20H22N2O3S/c1-12(2)9-25-17(23)8-22-11-21-19-18(20(22)24)16(10-26-19)15-6-5-13(3)7-14(15)4/h5-7,10-12H,8-9H2,1-4H3. The molecule has 0 N–H and O–H groups in total. The van der Waals surface area contributed by atoms with Gasteiger partial charge in [-0.3, -0.25) is 14.2 Å². The van der Waals surface area contributed by atoms with Crippen molar-refractivity contribution in [1.29, 1.82) is 0 Å². The number of nitrogens with zero attached hydrogens (tertiary/aromatic N) is 2. The van der Waals surface area contributed by atoms with Crippen molar-refractivity contribution in [2.75, 3.05) is 6.61 Å². The Morgan fingerprint density at radius 2 is 2.04 bits per heavy atom. The van der Waals surface area contributed by atoms with Crippen molar-refractivity contribution in [2.45, 2.75) is 34.2 Å². The number of esters is 1. The van der Waals surface area contributed by atoms with Gasteiger partial charge in [-0.05, 0) is 30.9 Å². The molecular weight excluding hydrogens is 348 g/mol. The molecule has 2 aromatic heterocycles. The molecule has 0 aliphatic carbocycles. The van der Waals surface area contributed by atoms with Crippen LogP contribution >= 0.6 is 11.3 Å². The first-order valence-electron chi connectivity index (χ1n) is 8.56. The Bertz CT molecular complexity index is 1020. The van der Waals surface area contributed by atoms with Crippen molar-refractivity contribution in [3.8, 4) is 11.1 Å². The maximum atomic E-state index is 13.0. The molecular formula is C20H22N2O3S. The van der Waals surface area contributed by atoms with Crippen molar-refractivity contribution < 1.29 is 9.53 Å². The van der Waals surface area contributed by atoms with Crippen molar-refractivity contribution in [1.82, 2.24) is 9.55 Å². The highest BCUT2D eigenvalue weighted by Crippen LogP contribution is 2.32. The lowest BCUT2D eigenvalue weighted by Gasteiger charge is -2.09. The molecule has 3 rings (SSSR count). The van der Waals surface area contributed by atoms with Crippen molar-refractivity contribution in [2.24, 2.45) is 5.92 Å². The van der Waals surface area contributed by atoms with Gasteiger partial charge in [0.05, 0.1) is 18.3 Å². The van der Waals surface area contributed by atoms with Crippen LogP contribution < -0.4 is 5.56 Å². The summed E-state index contributed by atoms with van der Waals surface area (Å²) in [7, 11) is 0. The van der Waals surface area contributed by atoms with E-state index in [4.69, 9.17) is 4.74 Å². The van der Waals surface area contributed by atoms with Gasteiger partial charge in [0.25, 0.3) is 5.56 Å². The number of hydrogen-bond donors (Lipinski definition) is 0. The van der Waals surface area contributed by atoms with Gasteiger partial charge in [0.1, 0.15) is 11.4 Å². The van der Waals surface area contributed by atoms with Crippen LogP contribution in [-0.4, -0.2) is 22.1 Å². The van der Waals surface area contributed by atoms with E-state index in [1.54, 1.807) is 0 Å². The fraction of sp³-hybridized carbons (Fsp3) is 0.350. The molecule has 0 spiro atoms. The molecule has 0 aliphatic heterocycles. The highest BCUT2D eigenvalue weighted by Gasteiger charge is 2.16. The third-order valence-electron chi connectivity index (χ3n) is 4.11. The average Bonchev–Trinajstić information content (AvgIpc) is 3.00. The largest absolute Gasteiger partial charge is 0.464 e. The van der Waals surface area contributed by atoms with Gasteiger partial charge >= 0.3 is 5.97 Å². The van der Waals surface area contributed by atoms with Gasteiger partial charge in [-0.25, -0.2) is 4.98 Å². The number of fused-ring (bicyclic) bond motifs is 1. The zero-order valence-electron chi connectivity index (χ0n) is 15.4. The third kappa shape index (κ3) is 3.70. The molecule has 0 radical (unpaired) electrons. The van der Waals surface area contributed by atoms with Gasteiger partial charge in [0.2, 0.25) is 0 Å². The molecule has 0 unspecified atom stereocenters. The van der Waals surface area contributed by atoms with E-state index in [-0.39, 0.29) is 18.0 Å². The summed E-state index contributed by atoms with van der Waals surface area (Å²) < 4.78 is 6.50. The monoisotopic (exact) mass is 370 g/mol. The van der Waals surface area contributed by atoms with Crippen LogP contribution in [0.15, 0.2) is 34.7 Å². The van der Waals surface area contributed by atoms with E-state index in [2.05, 4.69) is 11.1 Å². The number of benzene rings is 1. The summed E-state index contributed by atoms with van der Waals surface area (Å²) in [5.41, 5.74) is 3.95. The van der Waals surface area contributed by atoms with Crippen LogP contribution in [0.3, 0.4) is 0 Å². The van der Waals surface area contributed by atoms with Crippen LogP contribution in [0.5, 0.6) is 0 Å². The summed E-state index contributed by atoms with van der Waals surface area (Å²) in [6, 6.07) is 6.15. The van der Waals surface area contributed by atoms with Crippen molar-refractivity contribution in [3.05, 3.63) is 51.4 Å². The van der Waals surface area contributed by atoms with Gasteiger partial charge < -0.3 is 4.74 Å². The lowest BCUT2D eigenvalue weighted by molar-refractivity contribution is -0.145. The van der Waals surface area contributed by atoms with Crippen LogP contribution in [0.1, 0.15) is 25.0 Å². The molecule has 6 heteroatoms. The van der Waals surface area contributed by atoms with Gasteiger partial charge in [-0.15, -0.1) is 11.3 Å². The summed E-state index contributed by atoms with van der Waals surface area (Å²) >= 11 is 1.44. The summed E-state index contributed by atoms with van der Waals surface area (Å²) in [6.07, 6.45) is 1.42. The summed E-state index contributed by atoms with van der Waals surface area (Å²) in [5, 5.41) is 2.51. The van der Waals surface area contributed by atoms with E-state index in [9.17, 15) is 9.59 Å². The Hall–Kier alpha value is -2.47. The molecule has 0 aliphatic rings. The minimum absolute atomic E-state index is 0.128. The summed E-state index contributed by atoms with van der Waals surface area (Å²) in [5.74, 6) is -0.172. The van der Waals surface area contributed by atoms with Crippen LogP contribution in [-0.2, 0) is 16.1 Å². The fourth-order valence-corrected chi connectivity index (χ4v) is 3.74. The smallest absolute Gasteiger partial charge is 0.326 e. The molecule has 0 saturated carbocycles. The molecule has 0 bridgehead atoms. The quantitative estimate of drug-likeness (QED) is 0.638. The molecule has 26 heavy (non-hydrogen) atoms. The van der Waals surface area contributed by atoms with E-state index in [1.807, 2.05) is 45.2 Å². The van der Waals surface area contributed by atoms with Gasteiger partial charge in [0, 0.05) is 10.9 Å². The first kappa shape index (κ1) is 18.3. The van der Waals surface area contributed by atoms with Crippen LogP contribution in [0, 0.1) is 19.8 Å². The molecule has 1 aromatic carbocycles. The predicted octanol–water partition coefficient (Wildman–Crippen LogP) is 3.94. The Morgan fingerprint density at radius 1 is 1.27 bits per heavy atom. The van der Waals surface area contributed by atoms with Gasteiger partial charge in [-0.2, -0.15) is 0 Å². The number of carbonyl (C=O) groups excluding carboxylic acids is 1. The fourth-order valence-electron chi connectivity index (χ4n) is 2.84. The average molecular weight is 370 g/mol. The number of rotatable bonds is 5. The Kier molecular flexibility index (Phi) is 5.23. The second kappa shape index (κ2) is 7.41. The van der Waals surface area contributed by atoms with E-state index < -0.39 is 5.97 Å². The molecule has 3 aromatic rings. The molecule has 5 nitrogen and oxygen atoms in total. The third-order valence-corrected chi connectivity index (χ3v) is 5.00. The summed E-state index contributed by atoms with van der Waals surface area (Å²) in [4.78, 5) is 30.0. The molecule has 2 heterocycles. The normalized spacial score (nSPS) is 11.3. The van der Waals surface area contributed by atoms with Gasteiger partial charge in [0.15, 0.2) is 0 Å². The zero-order chi connectivity index (χ0) is 18.8. The number of thiophene rings is 1. The number of aromatic nitrogens is 2. The second-order valence-electron chi connectivity index (χ2n) is 6.90. The number of ether oxygens (including phenoxy) is 1. The Labute approximate surface area is 156 Å². The van der Waals surface area contributed by atoms with Gasteiger partial charge in [-0.1, -0.05) is 37.6 Å². The van der Waals surface area contributed by atoms with Crippen molar-refractivity contribution in [3.63, 3.8) is 0 Å². The number of hydrogen-bond acceptors (Lipinski definition) is 5. The molecule has 0 atom stereocenters. The highest BCUT2D eigenvalue weighted by molar-refractivity contribution is 7.17. The Balaban J connectivity index is 2.01. The minimum atomic E-state index is -0.426. The first-order valence-corrected chi connectivity index (χ1v) is 9.44. The number of carbonyl (C=O) groups is 1. The molecule has 136 valence electrons. The Morgan fingerprint density at radius 3 is 2.73 bits per heavy atom. The maximum absolute atomic E-state index is 13.0. The van der Waals surface area contributed by atoms with Crippen LogP contribution in [0.4, 0.5) is 0 Å². The zero-order valence-corrected chi connectivity index (χ0v) is 16.2. The minimum Gasteiger partial charge on any atom is -0.464 e. The van der Waals surface area contributed by atoms with E-state index >= 15 is 0 Å². The lowest BCUT2D eigenvalue weighted by atomic mass is 9.99. The second-order valence-corrected chi connectivity index (χ2v) is 7.76. The van der Waals surface area contributed by atoms with E-state index in [1.165, 1.54) is 27.8 Å². The molecule has 0 amide bonds. The SMILES string of the molecule is Cc1ccc(-c2csc3ncn(CC(=O)OCC(C)C)c(=O)c23)c(C)c1. The highest BCUT2D eigenvalue weighted by atomic mass is 32.1. The predicted molar refractivity (Wildman–Crippen MR) is 105 cm³/mol. The van der Waals surface area contributed by atoms with Crippen LogP contribution in [0.25, 0.3) is 21.3 Å².